The monoisotopic (exact) mass is 354 g/mol. The first-order valence-corrected chi connectivity index (χ1v) is 7.86. The molecule has 0 aliphatic carbocycles. The summed E-state index contributed by atoms with van der Waals surface area (Å²) in [7, 11) is 0. The third-order valence-corrected chi connectivity index (χ3v) is 3.98. The van der Waals surface area contributed by atoms with Crippen LogP contribution in [0.3, 0.4) is 0 Å². The van der Waals surface area contributed by atoms with Gasteiger partial charge in [0, 0.05) is 5.02 Å². The van der Waals surface area contributed by atoms with Crippen molar-refractivity contribution in [2.24, 2.45) is 5.73 Å². The van der Waals surface area contributed by atoms with Crippen LogP contribution in [0, 0.1) is 6.92 Å². The van der Waals surface area contributed by atoms with Gasteiger partial charge in [-0.3, -0.25) is 9.59 Å². The van der Waals surface area contributed by atoms with Gasteiger partial charge < -0.3 is 11.1 Å². The predicted octanol–water partition coefficient (Wildman–Crippen LogP) is 3.19. The third-order valence-electron chi connectivity index (χ3n) is 3.75. The lowest BCUT2D eigenvalue weighted by atomic mass is 10.1. The second-order valence-corrected chi connectivity index (χ2v) is 5.84. The zero-order valence-corrected chi connectivity index (χ0v) is 14.1. The summed E-state index contributed by atoms with van der Waals surface area (Å²) in [6.45, 7) is 1.78. The molecule has 25 heavy (non-hydrogen) atoms. The maximum Gasteiger partial charge on any atom is 0.259 e. The summed E-state index contributed by atoms with van der Waals surface area (Å²) in [5, 5.41) is 7.54. The Hall–Kier alpha value is -3.12. The predicted molar refractivity (Wildman–Crippen MR) is 96.2 cm³/mol. The molecule has 2 aromatic carbocycles. The van der Waals surface area contributed by atoms with Crippen LogP contribution in [0.1, 0.15) is 26.4 Å². The fourth-order valence-electron chi connectivity index (χ4n) is 2.50. The van der Waals surface area contributed by atoms with Crippen molar-refractivity contribution >= 4 is 29.1 Å². The minimum absolute atomic E-state index is 0.246. The number of benzene rings is 2. The third kappa shape index (κ3) is 3.39. The lowest BCUT2D eigenvalue weighted by Crippen LogP contribution is -2.18. The molecule has 0 aliphatic rings. The van der Waals surface area contributed by atoms with Crippen molar-refractivity contribution in [3.05, 3.63) is 76.6 Å². The van der Waals surface area contributed by atoms with Crippen LogP contribution < -0.4 is 11.1 Å². The van der Waals surface area contributed by atoms with E-state index >= 15 is 0 Å². The van der Waals surface area contributed by atoms with Gasteiger partial charge in [0.15, 0.2) is 0 Å². The number of nitrogens with one attached hydrogen (secondary N) is 1. The molecule has 6 nitrogen and oxygen atoms in total. The molecule has 3 aromatic rings. The average Bonchev–Trinajstić information content (AvgIpc) is 2.97. The van der Waals surface area contributed by atoms with Gasteiger partial charge in [-0.25, -0.2) is 4.68 Å². The molecule has 0 atom stereocenters. The first-order valence-electron chi connectivity index (χ1n) is 7.48. The second kappa shape index (κ2) is 6.78. The average molecular weight is 355 g/mol. The van der Waals surface area contributed by atoms with E-state index in [1.54, 1.807) is 48.0 Å². The number of nitrogens with zero attached hydrogens (tertiary/aromatic N) is 2. The highest BCUT2D eigenvalue weighted by Crippen LogP contribution is 2.20. The highest BCUT2D eigenvalue weighted by atomic mass is 35.5. The first kappa shape index (κ1) is 16.7. The number of amides is 2. The summed E-state index contributed by atoms with van der Waals surface area (Å²) in [6, 6.07) is 13.7. The van der Waals surface area contributed by atoms with E-state index in [-0.39, 0.29) is 11.5 Å². The Kier molecular flexibility index (Phi) is 4.54. The van der Waals surface area contributed by atoms with Crippen molar-refractivity contribution in [2.75, 3.05) is 5.32 Å². The van der Waals surface area contributed by atoms with E-state index in [4.69, 9.17) is 17.3 Å². The number of rotatable bonds is 4. The van der Waals surface area contributed by atoms with Crippen molar-refractivity contribution in [3.8, 4) is 5.69 Å². The fraction of sp³-hybridized carbons (Fsp3) is 0.0556. The molecule has 1 aromatic heterocycles. The van der Waals surface area contributed by atoms with Gasteiger partial charge in [-0.15, -0.1) is 0 Å². The summed E-state index contributed by atoms with van der Waals surface area (Å²) >= 11 is 6.01. The molecule has 0 saturated carbocycles. The van der Waals surface area contributed by atoms with Gasteiger partial charge in [0.2, 0.25) is 0 Å². The van der Waals surface area contributed by atoms with Crippen LogP contribution in [0.25, 0.3) is 5.69 Å². The summed E-state index contributed by atoms with van der Waals surface area (Å²) < 4.78 is 1.63. The van der Waals surface area contributed by atoms with Gasteiger partial charge in [-0.2, -0.15) is 5.10 Å². The minimum Gasteiger partial charge on any atom is -0.366 e. The lowest BCUT2D eigenvalue weighted by molar-refractivity contribution is 0.100. The van der Waals surface area contributed by atoms with Crippen LogP contribution in [0.5, 0.6) is 0 Å². The summed E-state index contributed by atoms with van der Waals surface area (Å²) in [6.07, 6.45) is 1.47. The van der Waals surface area contributed by atoms with Crippen molar-refractivity contribution < 1.29 is 9.59 Å². The van der Waals surface area contributed by atoms with Gasteiger partial charge in [-0.1, -0.05) is 29.8 Å². The fourth-order valence-corrected chi connectivity index (χ4v) is 2.68. The number of carbonyl (C=O) groups excluding carboxylic acids is 2. The number of hydrogen-bond acceptors (Lipinski definition) is 3. The molecule has 1 heterocycles. The molecule has 126 valence electrons. The largest absolute Gasteiger partial charge is 0.366 e. The molecule has 0 aliphatic heterocycles. The molecule has 0 unspecified atom stereocenters. The summed E-state index contributed by atoms with van der Waals surface area (Å²) in [4.78, 5) is 24.0. The van der Waals surface area contributed by atoms with Gasteiger partial charge in [0.05, 0.1) is 34.4 Å². The smallest absolute Gasteiger partial charge is 0.259 e. The van der Waals surface area contributed by atoms with E-state index in [9.17, 15) is 9.59 Å². The van der Waals surface area contributed by atoms with Gasteiger partial charge in [0.25, 0.3) is 11.8 Å². The van der Waals surface area contributed by atoms with Crippen LogP contribution in [-0.4, -0.2) is 21.6 Å². The number of para-hydroxylation sites is 1. The highest BCUT2D eigenvalue weighted by molar-refractivity contribution is 6.30. The Bertz CT molecular complexity index is 965. The number of carbonyl (C=O) groups is 2. The molecule has 3 N–H and O–H groups in total. The SMILES string of the molecule is Cc1c(C(=O)Nc2ccccc2C(N)=O)cnn1-c1cccc(Cl)c1. The number of aromatic nitrogens is 2. The number of anilines is 1. The Balaban J connectivity index is 1.91. The van der Waals surface area contributed by atoms with Crippen LogP contribution in [0.2, 0.25) is 5.02 Å². The van der Waals surface area contributed by atoms with E-state index < -0.39 is 5.91 Å². The molecular weight excluding hydrogens is 340 g/mol. The van der Waals surface area contributed by atoms with E-state index in [2.05, 4.69) is 10.4 Å². The Labute approximate surface area is 149 Å². The maximum atomic E-state index is 12.6. The lowest BCUT2D eigenvalue weighted by Gasteiger charge is -2.09. The van der Waals surface area contributed by atoms with Crippen molar-refractivity contribution in [1.82, 2.24) is 9.78 Å². The molecule has 0 spiro atoms. The highest BCUT2D eigenvalue weighted by Gasteiger charge is 2.17. The number of halogens is 1. The summed E-state index contributed by atoms with van der Waals surface area (Å²) in [5.74, 6) is -0.985. The van der Waals surface area contributed by atoms with E-state index in [1.165, 1.54) is 6.20 Å². The van der Waals surface area contributed by atoms with Crippen LogP contribution in [0.15, 0.2) is 54.7 Å². The molecule has 7 heteroatoms. The van der Waals surface area contributed by atoms with Crippen molar-refractivity contribution in [3.63, 3.8) is 0 Å². The standard InChI is InChI=1S/C18H15ClN4O2/c1-11-15(10-21-23(11)13-6-4-5-12(19)9-13)18(25)22-16-8-3-2-7-14(16)17(20)24/h2-10H,1H3,(H2,20,24)(H,22,25). The van der Waals surface area contributed by atoms with Crippen LogP contribution >= 0.6 is 11.6 Å². The zero-order valence-electron chi connectivity index (χ0n) is 13.4. The first-order chi connectivity index (χ1) is 12.0. The number of nitrogens with two attached hydrogens (primary N) is 1. The number of hydrogen-bond donors (Lipinski definition) is 2. The van der Waals surface area contributed by atoms with Gasteiger partial charge in [0.1, 0.15) is 0 Å². The van der Waals surface area contributed by atoms with Crippen LogP contribution in [-0.2, 0) is 0 Å². The Morgan fingerprint density at radius 1 is 1.12 bits per heavy atom. The molecule has 0 bridgehead atoms. The molecule has 0 saturated heterocycles. The second-order valence-electron chi connectivity index (χ2n) is 5.40. The minimum atomic E-state index is -0.609. The van der Waals surface area contributed by atoms with E-state index in [0.29, 0.717) is 22.0 Å². The van der Waals surface area contributed by atoms with Crippen molar-refractivity contribution in [2.45, 2.75) is 6.92 Å². The Morgan fingerprint density at radius 2 is 1.88 bits per heavy atom. The molecule has 0 radical (unpaired) electrons. The van der Waals surface area contributed by atoms with E-state index in [0.717, 1.165) is 5.69 Å². The molecule has 0 fully saturated rings. The van der Waals surface area contributed by atoms with E-state index in [1.807, 2.05) is 12.1 Å². The normalized spacial score (nSPS) is 10.5. The molecule has 3 rings (SSSR count). The topological polar surface area (TPSA) is 90.0 Å². The number of primary amides is 1. The zero-order chi connectivity index (χ0) is 18.0. The van der Waals surface area contributed by atoms with Gasteiger partial charge >= 0.3 is 0 Å². The Morgan fingerprint density at radius 3 is 2.60 bits per heavy atom. The van der Waals surface area contributed by atoms with Crippen molar-refractivity contribution in [1.29, 1.82) is 0 Å². The maximum absolute atomic E-state index is 12.6. The molecular formula is C18H15ClN4O2. The quantitative estimate of drug-likeness (QED) is 0.753. The molecule has 2 amide bonds. The van der Waals surface area contributed by atoms with Crippen LogP contribution in [0.4, 0.5) is 5.69 Å². The summed E-state index contributed by atoms with van der Waals surface area (Å²) in [5.41, 5.74) is 7.73. The van der Waals surface area contributed by atoms with Gasteiger partial charge in [-0.05, 0) is 37.3 Å².